The first-order valence-electron chi connectivity index (χ1n) is 4.51. The summed E-state index contributed by atoms with van der Waals surface area (Å²) in [6.45, 7) is 1.89. The molecule has 17 heavy (non-hydrogen) atoms. The number of hydrogen-bond donors (Lipinski definition) is 1. The molecule has 1 N–H and O–H groups in total. The molecular weight excluding hydrogens is 257 g/mol. The van der Waals surface area contributed by atoms with Crippen LogP contribution in [0.4, 0.5) is 18.3 Å². The van der Waals surface area contributed by atoms with Gasteiger partial charge in [0, 0.05) is 0 Å². The molecule has 0 radical (unpaired) electrons. The Bertz CT molecular complexity index is 507. The van der Waals surface area contributed by atoms with Gasteiger partial charge in [0.15, 0.2) is 0 Å². The highest BCUT2D eigenvalue weighted by molar-refractivity contribution is 7.15. The first-order chi connectivity index (χ1) is 7.95. The van der Waals surface area contributed by atoms with Gasteiger partial charge in [-0.25, -0.2) is 4.98 Å². The van der Waals surface area contributed by atoms with E-state index in [0.717, 1.165) is 0 Å². The molecule has 5 nitrogen and oxygen atoms in total. The van der Waals surface area contributed by atoms with Crippen molar-refractivity contribution in [1.29, 1.82) is 0 Å². The highest BCUT2D eigenvalue weighted by atomic mass is 32.1. The van der Waals surface area contributed by atoms with Crippen molar-refractivity contribution >= 4 is 16.5 Å². The van der Waals surface area contributed by atoms with Gasteiger partial charge < -0.3 is 9.73 Å². The maximum atomic E-state index is 12.2. The molecule has 0 saturated carbocycles. The van der Waals surface area contributed by atoms with Crippen molar-refractivity contribution in [3.05, 3.63) is 22.9 Å². The Hall–Kier alpha value is -1.64. The summed E-state index contributed by atoms with van der Waals surface area (Å²) in [7, 11) is 0. The van der Waals surface area contributed by atoms with E-state index in [-0.39, 0.29) is 11.7 Å². The van der Waals surface area contributed by atoms with Gasteiger partial charge in [0.25, 0.3) is 0 Å². The molecule has 92 valence electrons. The fourth-order valence-corrected chi connectivity index (χ4v) is 1.65. The Labute approximate surface area is 97.7 Å². The third kappa shape index (κ3) is 2.93. The van der Waals surface area contributed by atoms with E-state index >= 15 is 0 Å². The first kappa shape index (κ1) is 11.8. The summed E-state index contributed by atoms with van der Waals surface area (Å²) in [5.41, 5.74) is 0. The summed E-state index contributed by atoms with van der Waals surface area (Å²) in [5.74, 6) is 1.02. The van der Waals surface area contributed by atoms with Gasteiger partial charge >= 0.3 is 6.18 Å². The van der Waals surface area contributed by atoms with E-state index in [9.17, 15) is 13.2 Å². The second kappa shape index (κ2) is 4.32. The second-order valence-corrected chi connectivity index (χ2v) is 4.11. The Morgan fingerprint density at radius 2 is 2.18 bits per heavy atom. The fraction of sp³-hybridized carbons (Fsp3) is 0.375. The molecule has 0 amide bonds. The normalized spacial score (nSPS) is 11.8. The van der Waals surface area contributed by atoms with Gasteiger partial charge in [0.2, 0.25) is 16.0 Å². The highest BCUT2D eigenvalue weighted by Crippen LogP contribution is 2.33. The maximum absolute atomic E-state index is 12.2. The summed E-state index contributed by atoms with van der Waals surface area (Å²) in [6, 6.07) is 0. The lowest BCUT2D eigenvalue weighted by molar-refractivity contribution is -0.138. The monoisotopic (exact) mass is 264 g/mol. The number of halogens is 3. The molecule has 0 fully saturated rings. The van der Waals surface area contributed by atoms with Crippen LogP contribution in [0.25, 0.3) is 0 Å². The van der Waals surface area contributed by atoms with Crippen LogP contribution in [0.15, 0.2) is 10.6 Å². The average Bonchev–Trinajstić information content (AvgIpc) is 2.82. The van der Waals surface area contributed by atoms with Crippen molar-refractivity contribution in [2.45, 2.75) is 19.6 Å². The third-order valence-corrected chi connectivity index (χ3v) is 2.65. The lowest BCUT2D eigenvalue weighted by Gasteiger charge is -1.98. The molecule has 0 aromatic carbocycles. The molecule has 0 spiro atoms. The van der Waals surface area contributed by atoms with Gasteiger partial charge in [-0.1, -0.05) is 11.3 Å². The van der Waals surface area contributed by atoms with Gasteiger partial charge in [-0.15, -0.1) is 10.2 Å². The van der Waals surface area contributed by atoms with Crippen molar-refractivity contribution in [3.63, 3.8) is 0 Å². The quantitative estimate of drug-likeness (QED) is 0.922. The number of rotatable bonds is 3. The Balaban J connectivity index is 1.98. The van der Waals surface area contributed by atoms with Crippen LogP contribution in [0.3, 0.4) is 0 Å². The van der Waals surface area contributed by atoms with E-state index in [0.29, 0.717) is 23.0 Å². The van der Waals surface area contributed by atoms with Crippen LogP contribution in [-0.4, -0.2) is 15.2 Å². The lowest BCUT2D eigenvalue weighted by atomic mass is 10.6. The molecular formula is C8H7F3N4OS. The topological polar surface area (TPSA) is 63.8 Å². The zero-order valence-corrected chi connectivity index (χ0v) is 9.39. The van der Waals surface area contributed by atoms with E-state index in [1.54, 1.807) is 6.92 Å². The Kier molecular flexibility index (Phi) is 3.01. The summed E-state index contributed by atoms with van der Waals surface area (Å²) in [6.07, 6.45) is -2.94. The third-order valence-electron chi connectivity index (χ3n) is 1.73. The van der Waals surface area contributed by atoms with Crippen LogP contribution in [-0.2, 0) is 12.7 Å². The summed E-state index contributed by atoms with van der Waals surface area (Å²) < 4.78 is 41.8. The minimum Gasteiger partial charge on any atom is -0.444 e. The van der Waals surface area contributed by atoms with Gasteiger partial charge in [-0.2, -0.15) is 13.2 Å². The lowest BCUT2D eigenvalue weighted by Crippen LogP contribution is -2.03. The van der Waals surface area contributed by atoms with E-state index in [1.165, 1.54) is 6.20 Å². The van der Waals surface area contributed by atoms with Crippen molar-refractivity contribution in [3.8, 4) is 0 Å². The first-order valence-corrected chi connectivity index (χ1v) is 5.32. The average molecular weight is 264 g/mol. The number of aromatic nitrogens is 3. The second-order valence-electron chi connectivity index (χ2n) is 3.13. The molecule has 0 aliphatic carbocycles. The molecule has 2 heterocycles. The minimum atomic E-state index is -4.46. The van der Waals surface area contributed by atoms with E-state index in [4.69, 9.17) is 4.42 Å². The van der Waals surface area contributed by atoms with Crippen LogP contribution in [0.1, 0.15) is 16.7 Å². The molecule has 0 unspecified atom stereocenters. The van der Waals surface area contributed by atoms with Crippen LogP contribution < -0.4 is 5.32 Å². The Morgan fingerprint density at radius 3 is 2.71 bits per heavy atom. The van der Waals surface area contributed by atoms with Crippen molar-refractivity contribution in [1.82, 2.24) is 15.2 Å². The number of aryl methyl sites for hydroxylation is 1. The van der Waals surface area contributed by atoms with Crippen molar-refractivity contribution < 1.29 is 17.6 Å². The van der Waals surface area contributed by atoms with Gasteiger partial charge in [0.1, 0.15) is 5.76 Å². The maximum Gasteiger partial charge on any atom is 0.445 e. The van der Waals surface area contributed by atoms with Gasteiger partial charge in [-0.3, -0.25) is 0 Å². The molecule has 9 heteroatoms. The van der Waals surface area contributed by atoms with Crippen molar-refractivity contribution in [2.24, 2.45) is 0 Å². The van der Waals surface area contributed by atoms with E-state index in [2.05, 4.69) is 20.5 Å². The SMILES string of the molecule is Cc1cnc(CNc2nnc(C(F)(F)F)s2)o1. The van der Waals surface area contributed by atoms with Crippen LogP contribution in [0, 0.1) is 6.92 Å². The summed E-state index contributed by atoms with van der Waals surface area (Å²) >= 11 is 0.438. The predicted molar refractivity (Wildman–Crippen MR) is 53.5 cm³/mol. The number of anilines is 1. The minimum absolute atomic E-state index is 0.0770. The van der Waals surface area contributed by atoms with Crippen molar-refractivity contribution in [2.75, 3.05) is 5.32 Å². The number of hydrogen-bond acceptors (Lipinski definition) is 6. The molecule has 2 aromatic heterocycles. The van der Waals surface area contributed by atoms with Gasteiger partial charge in [0.05, 0.1) is 12.7 Å². The van der Waals surface area contributed by atoms with Crippen LogP contribution in [0.2, 0.25) is 0 Å². The zero-order chi connectivity index (χ0) is 12.5. The number of nitrogens with one attached hydrogen (secondary N) is 1. The molecule has 0 bridgehead atoms. The molecule has 2 aromatic rings. The molecule has 0 aliphatic rings. The van der Waals surface area contributed by atoms with E-state index < -0.39 is 11.2 Å². The van der Waals surface area contributed by atoms with E-state index in [1.807, 2.05) is 0 Å². The molecule has 2 rings (SSSR count). The summed E-state index contributed by atoms with van der Waals surface area (Å²) in [5, 5.41) is 8.16. The number of alkyl halides is 3. The van der Waals surface area contributed by atoms with Gasteiger partial charge in [-0.05, 0) is 6.92 Å². The highest BCUT2D eigenvalue weighted by Gasteiger charge is 2.35. The zero-order valence-electron chi connectivity index (χ0n) is 8.58. The smallest absolute Gasteiger partial charge is 0.444 e. The Morgan fingerprint density at radius 1 is 1.41 bits per heavy atom. The van der Waals surface area contributed by atoms with Crippen LogP contribution in [0.5, 0.6) is 0 Å². The van der Waals surface area contributed by atoms with Crippen LogP contribution >= 0.6 is 11.3 Å². The molecule has 0 saturated heterocycles. The predicted octanol–water partition coefficient (Wildman–Crippen LogP) is 2.47. The largest absolute Gasteiger partial charge is 0.445 e. The number of nitrogens with zero attached hydrogens (tertiary/aromatic N) is 3. The summed E-state index contributed by atoms with van der Waals surface area (Å²) in [4.78, 5) is 3.89. The number of oxazole rings is 1. The standard InChI is InChI=1S/C8H7F3N4OS/c1-4-2-12-5(16-4)3-13-7-15-14-6(17-7)8(9,10)11/h2H,3H2,1H3,(H,13,15). The molecule has 0 atom stereocenters. The fourth-order valence-electron chi connectivity index (χ4n) is 1.04. The molecule has 0 aliphatic heterocycles.